The van der Waals surface area contributed by atoms with Crippen molar-refractivity contribution in [2.24, 2.45) is 17.1 Å². The first kappa shape index (κ1) is 13.2. The van der Waals surface area contributed by atoms with Crippen molar-refractivity contribution in [3.8, 4) is 0 Å². The Morgan fingerprint density at radius 3 is 1.71 bits per heavy atom. The second kappa shape index (κ2) is 3.76. The van der Waals surface area contributed by atoms with E-state index in [1.807, 2.05) is 0 Å². The second-order valence-electron chi connectivity index (χ2n) is 4.23. The first-order chi connectivity index (χ1) is 5.98. The van der Waals surface area contributed by atoms with Crippen LogP contribution in [0.5, 0.6) is 0 Å². The standard InChI is InChI=1S/C8H14F3NO2/c1-7(2,3)4(6(13)14)5(12)8(9,10)11/h4-5H,12H2,1-3H3,(H,13,14)/p-1/t4-,5-/m1/s1. The van der Waals surface area contributed by atoms with Gasteiger partial charge >= 0.3 is 6.18 Å². The summed E-state index contributed by atoms with van der Waals surface area (Å²) in [6.07, 6.45) is -4.72. The second-order valence-corrected chi connectivity index (χ2v) is 4.23. The first-order valence-electron chi connectivity index (χ1n) is 4.01. The quantitative estimate of drug-likeness (QED) is 0.715. The molecule has 84 valence electrons. The van der Waals surface area contributed by atoms with Gasteiger partial charge in [-0.2, -0.15) is 13.2 Å². The number of carbonyl (C=O) groups is 1. The molecule has 2 N–H and O–H groups in total. The van der Waals surface area contributed by atoms with Gasteiger partial charge in [-0.1, -0.05) is 20.8 Å². The molecule has 0 heterocycles. The number of carboxylic acid groups (broad SMARTS) is 1. The Morgan fingerprint density at radius 2 is 1.64 bits per heavy atom. The van der Waals surface area contributed by atoms with Crippen LogP contribution in [0.15, 0.2) is 0 Å². The molecule has 6 heteroatoms. The maximum atomic E-state index is 12.2. The highest BCUT2D eigenvalue weighted by atomic mass is 19.4. The molecular formula is C8H13F3NO2-. The topological polar surface area (TPSA) is 66.1 Å². The molecule has 0 bridgehead atoms. The molecule has 0 fully saturated rings. The van der Waals surface area contributed by atoms with Gasteiger partial charge in [0.05, 0.1) is 0 Å². The predicted molar refractivity (Wildman–Crippen MR) is 42.0 cm³/mol. The summed E-state index contributed by atoms with van der Waals surface area (Å²) in [6, 6.07) is -2.40. The summed E-state index contributed by atoms with van der Waals surface area (Å²) in [5, 5.41) is 10.5. The molecule has 0 aliphatic carbocycles. The Morgan fingerprint density at radius 1 is 1.29 bits per heavy atom. The van der Waals surface area contributed by atoms with Crippen molar-refractivity contribution in [2.75, 3.05) is 0 Å². The van der Waals surface area contributed by atoms with Crippen LogP contribution in [0, 0.1) is 11.3 Å². The molecule has 0 saturated heterocycles. The smallest absolute Gasteiger partial charge is 0.404 e. The summed E-state index contributed by atoms with van der Waals surface area (Å²) in [5.74, 6) is -3.52. The van der Waals surface area contributed by atoms with Crippen LogP contribution in [0.3, 0.4) is 0 Å². The highest BCUT2D eigenvalue weighted by Crippen LogP contribution is 2.34. The molecule has 2 atom stereocenters. The van der Waals surface area contributed by atoms with E-state index in [9.17, 15) is 23.1 Å². The third-order valence-electron chi connectivity index (χ3n) is 1.92. The van der Waals surface area contributed by atoms with E-state index < -0.39 is 29.5 Å². The fraction of sp³-hybridized carbons (Fsp3) is 0.875. The maximum Gasteiger partial charge on any atom is 0.404 e. The van der Waals surface area contributed by atoms with Crippen LogP contribution in [0.2, 0.25) is 0 Å². The Balaban J connectivity index is 4.96. The molecule has 0 radical (unpaired) electrons. The Labute approximate surface area is 80.1 Å². The molecule has 0 aromatic carbocycles. The Kier molecular flexibility index (Phi) is 3.55. The van der Waals surface area contributed by atoms with Crippen LogP contribution in [-0.4, -0.2) is 18.2 Å². The van der Waals surface area contributed by atoms with Crippen LogP contribution >= 0.6 is 0 Å². The molecule has 3 nitrogen and oxygen atoms in total. The number of hydrogen-bond acceptors (Lipinski definition) is 3. The van der Waals surface area contributed by atoms with E-state index in [0.29, 0.717) is 0 Å². The molecule has 0 saturated carbocycles. The highest BCUT2D eigenvalue weighted by Gasteiger charge is 2.46. The summed E-state index contributed by atoms with van der Waals surface area (Å²) in [7, 11) is 0. The van der Waals surface area contributed by atoms with Crippen LogP contribution in [0.4, 0.5) is 13.2 Å². The SMILES string of the molecule is CC(C)(C)[C@@H](C(=O)[O-])[C@@H](N)C(F)(F)F. The molecule has 0 spiro atoms. The number of aliphatic carboxylic acids is 1. The lowest BCUT2D eigenvalue weighted by molar-refractivity contribution is -0.320. The van der Waals surface area contributed by atoms with Crippen molar-refractivity contribution >= 4 is 5.97 Å². The molecule has 0 aromatic heterocycles. The number of nitrogens with two attached hydrogens (primary N) is 1. The van der Waals surface area contributed by atoms with Crippen molar-refractivity contribution in [2.45, 2.75) is 33.0 Å². The lowest BCUT2D eigenvalue weighted by atomic mass is 9.76. The summed E-state index contributed by atoms with van der Waals surface area (Å²) in [5.41, 5.74) is 3.75. The monoisotopic (exact) mass is 212 g/mol. The van der Waals surface area contributed by atoms with Gasteiger partial charge in [0.2, 0.25) is 0 Å². The van der Waals surface area contributed by atoms with Gasteiger partial charge in [0.25, 0.3) is 0 Å². The molecule has 0 aliphatic heterocycles. The Hall–Kier alpha value is -0.780. The van der Waals surface area contributed by atoms with Crippen LogP contribution in [0.25, 0.3) is 0 Å². The fourth-order valence-electron chi connectivity index (χ4n) is 1.23. The third-order valence-corrected chi connectivity index (χ3v) is 1.92. The number of rotatable bonds is 2. The van der Waals surface area contributed by atoms with E-state index >= 15 is 0 Å². The van der Waals surface area contributed by atoms with Gasteiger partial charge in [0, 0.05) is 11.9 Å². The average Bonchev–Trinajstić information content (AvgIpc) is 1.79. The zero-order valence-electron chi connectivity index (χ0n) is 8.18. The molecule has 0 rings (SSSR count). The van der Waals surface area contributed by atoms with E-state index in [1.165, 1.54) is 20.8 Å². The van der Waals surface area contributed by atoms with E-state index in [0.717, 1.165) is 0 Å². The summed E-state index contributed by atoms with van der Waals surface area (Å²) < 4.78 is 36.5. The fourth-order valence-corrected chi connectivity index (χ4v) is 1.23. The molecular weight excluding hydrogens is 199 g/mol. The molecule has 14 heavy (non-hydrogen) atoms. The van der Waals surface area contributed by atoms with Crippen molar-refractivity contribution in [1.29, 1.82) is 0 Å². The van der Waals surface area contributed by atoms with Gasteiger partial charge in [-0.25, -0.2) is 0 Å². The molecule has 0 aromatic rings. The maximum absolute atomic E-state index is 12.2. The lowest BCUT2D eigenvalue weighted by Crippen LogP contribution is -2.55. The van der Waals surface area contributed by atoms with Crippen molar-refractivity contribution < 1.29 is 23.1 Å². The lowest BCUT2D eigenvalue weighted by Gasteiger charge is -2.36. The average molecular weight is 212 g/mol. The number of halogens is 3. The summed E-state index contributed by atoms with van der Waals surface area (Å²) in [6.45, 7) is 4.12. The Bertz CT molecular complexity index is 220. The van der Waals surface area contributed by atoms with Gasteiger partial charge in [0.15, 0.2) is 0 Å². The number of carboxylic acids is 1. The summed E-state index contributed by atoms with van der Waals surface area (Å²) in [4.78, 5) is 10.5. The van der Waals surface area contributed by atoms with Crippen LogP contribution < -0.4 is 10.8 Å². The molecule has 0 unspecified atom stereocenters. The zero-order valence-corrected chi connectivity index (χ0v) is 8.18. The number of hydrogen-bond donors (Lipinski definition) is 1. The highest BCUT2D eigenvalue weighted by molar-refractivity contribution is 5.69. The number of carbonyl (C=O) groups excluding carboxylic acids is 1. The van der Waals surface area contributed by atoms with Gasteiger partial charge in [0.1, 0.15) is 6.04 Å². The minimum Gasteiger partial charge on any atom is -0.550 e. The largest absolute Gasteiger partial charge is 0.550 e. The third kappa shape index (κ3) is 3.17. The minimum absolute atomic E-state index is 1.09. The molecule has 0 amide bonds. The van der Waals surface area contributed by atoms with E-state index in [4.69, 9.17) is 5.73 Å². The van der Waals surface area contributed by atoms with E-state index in [2.05, 4.69) is 0 Å². The van der Waals surface area contributed by atoms with Crippen LogP contribution in [0.1, 0.15) is 20.8 Å². The van der Waals surface area contributed by atoms with Crippen molar-refractivity contribution in [3.05, 3.63) is 0 Å². The predicted octanol–water partition coefficient (Wildman–Crippen LogP) is 0.288. The van der Waals surface area contributed by atoms with Gasteiger partial charge in [-0.05, 0) is 5.41 Å². The van der Waals surface area contributed by atoms with E-state index in [1.54, 1.807) is 0 Å². The summed E-state index contributed by atoms with van der Waals surface area (Å²) >= 11 is 0. The molecule has 0 aliphatic rings. The normalized spacial score (nSPS) is 17.6. The minimum atomic E-state index is -4.72. The van der Waals surface area contributed by atoms with Gasteiger partial charge in [-0.15, -0.1) is 0 Å². The van der Waals surface area contributed by atoms with Crippen LogP contribution in [-0.2, 0) is 4.79 Å². The van der Waals surface area contributed by atoms with Gasteiger partial charge in [-0.3, -0.25) is 0 Å². The van der Waals surface area contributed by atoms with Gasteiger partial charge < -0.3 is 15.6 Å². The number of alkyl halides is 3. The van der Waals surface area contributed by atoms with Crippen molar-refractivity contribution in [1.82, 2.24) is 0 Å². The van der Waals surface area contributed by atoms with Crippen molar-refractivity contribution in [3.63, 3.8) is 0 Å². The first-order valence-corrected chi connectivity index (χ1v) is 4.01. The zero-order chi connectivity index (χ0) is 11.7. The van der Waals surface area contributed by atoms with E-state index in [-0.39, 0.29) is 0 Å².